The van der Waals surface area contributed by atoms with Gasteiger partial charge in [-0.2, -0.15) is 0 Å². The molecule has 0 bridgehead atoms. The summed E-state index contributed by atoms with van der Waals surface area (Å²) < 4.78 is 13.4. The van der Waals surface area contributed by atoms with Crippen LogP contribution in [0, 0.1) is 5.82 Å². The van der Waals surface area contributed by atoms with Gasteiger partial charge in [0, 0.05) is 24.7 Å². The molecular formula is C20H31FN4O2. The van der Waals surface area contributed by atoms with Crippen molar-refractivity contribution >= 4 is 17.6 Å². The molecular weight excluding hydrogens is 347 g/mol. The van der Waals surface area contributed by atoms with E-state index in [-0.39, 0.29) is 36.3 Å². The van der Waals surface area contributed by atoms with Gasteiger partial charge in [0.2, 0.25) is 5.91 Å². The van der Waals surface area contributed by atoms with Crippen LogP contribution < -0.4 is 15.5 Å². The molecule has 0 aliphatic carbocycles. The molecule has 3 amide bonds. The van der Waals surface area contributed by atoms with E-state index in [0.29, 0.717) is 12.2 Å². The van der Waals surface area contributed by atoms with Crippen LogP contribution in [-0.4, -0.2) is 55.1 Å². The van der Waals surface area contributed by atoms with E-state index in [1.165, 1.54) is 17.0 Å². The Morgan fingerprint density at radius 3 is 2.78 bits per heavy atom. The second kappa shape index (κ2) is 10.3. The number of hydrogen-bond donors (Lipinski definition) is 2. The molecule has 6 nitrogen and oxygen atoms in total. The van der Waals surface area contributed by atoms with Crippen molar-refractivity contribution in [3.63, 3.8) is 0 Å². The van der Waals surface area contributed by atoms with Gasteiger partial charge < -0.3 is 20.4 Å². The lowest BCUT2D eigenvalue weighted by atomic mass is 10.2. The second-order valence-corrected chi connectivity index (χ2v) is 7.07. The van der Waals surface area contributed by atoms with Gasteiger partial charge in [-0.25, -0.2) is 9.18 Å². The number of rotatable bonds is 9. The first-order valence-corrected chi connectivity index (χ1v) is 9.78. The first-order chi connectivity index (χ1) is 12.9. The van der Waals surface area contributed by atoms with Gasteiger partial charge in [-0.1, -0.05) is 19.9 Å². The Morgan fingerprint density at radius 2 is 2.11 bits per heavy atom. The molecule has 1 heterocycles. The molecule has 1 aromatic carbocycles. The third-order valence-electron chi connectivity index (χ3n) is 4.96. The standard InChI is InChI=1S/C20H31FN4O2/c1-4-24(5-2)11-7-8-15(3)22-20(27)23-17-13-19(26)25(14-17)18-10-6-9-16(21)12-18/h6,9-10,12,15,17H,4-5,7-8,11,13-14H2,1-3H3,(H2,22,23,27). The molecule has 2 N–H and O–H groups in total. The van der Waals surface area contributed by atoms with Gasteiger partial charge in [0.15, 0.2) is 0 Å². The Kier molecular flexibility index (Phi) is 8.03. The zero-order valence-corrected chi connectivity index (χ0v) is 16.5. The number of nitrogens with zero attached hydrogens (tertiary/aromatic N) is 2. The van der Waals surface area contributed by atoms with E-state index >= 15 is 0 Å². The van der Waals surface area contributed by atoms with Crippen molar-refractivity contribution in [2.75, 3.05) is 31.1 Å². The van der Waals surface area contributed by atoms with Crippen LogP contribution in [0.15, 0.2) is 24.3 Å². The summed E-state index contributed by atoms with van der Waals surface area (Å²) in [4.78, 5) is 28.3. The molecule has 1 fully saturated rings. The fraction of sp³-hybridized carbons (Fsp3) is 0.600. The highest BCUT2D eigenvalue weighted by Gasteiger charge is 2.31. The van der Waals surface area contributed by atoms with Crippen LogP contribution in [0.3, 0.4) is 0 Å². The molecule has 7 heteroatoms. The molecule has 1 aliphatic heterocycles. The predicted octanol–water partition coefficient (Wildman–Crippen LogP) is 2.74. The smallest absolute Gasteiger partial charge is 0.315 e. The van der Waals surface area contributed by atoms with E-state index in [4.69, 9.17) is 0 Å². The summed E-state index contributed by atoms with van der Waals surface area (Å²) in [7, 11) is 0. The van der Waals surface area contributed by atoms with Crippen molar-refractivity contribution in [2.24, 2.45) is 0 Å². The minimum atomic E-state index is -0.381. The van der Waals surface area contributed by atoms with Crippen LogP contribution in [0.4, 0.5) is 14.9 Å². The van der Waals surface area contributed by atoms with Crippen molar-refractivity contribution in [3.05, 3.63) is 30.1 Å². The molecule has 1 aromatic rings. The van der Waals surface area contributed by atoms with Gasteiger partial charge in [0.05, 0.1) is 6.04 Å². The van der Waals surface area contributed by atoms with E-state index in [1.807, 2.05) is 6.92 Å². The number of urea groups is 1. The molecule has 0 saturated carbocycles. The van der Waals surface area contributed by atoms with E-state index in [2.05, 4.69) is 29.4 Å². The Balaban J connectivity index is 1.75. The Morgan fingerprint density at radius 1 is 1.37 bits per heavy atom. The van der Waals surface area contributed by atoms with Crippen molar-refractivity contribution in [3.8, 4) is 0 Å². The summed E-state index contributed by atoms with van der Waals surface area (Å²) in [6.07, 6.45) is 2.15. The largest absolute Gasteiger partial charge is 0.336 e. The van der Waals surface area contributed by atoms with Crippen LogP contribution in [0.1, 0.15) is 40.0 Å². The quantitative estimate of drug-likeness (QED) is 0.694. The second-order valence-electron chi connectivity index (χ2n) is 7.07. The molecule has 2 rings (SSSR count). The summed E-state index contributed by atoms with van der Waals surface area (Å²) in [5, 5.41) is 5.80. The lowest BCUT2D eigenvalue weighted by molar-refractivity contribution is -0.117. The van der Waals surface area contributed by atoms with Crippen LogP contribution in [0.25, 0.3) is 0 Å². The average Bonchev–Trinajstić information content (AvgIpc) is 2.98. The highest BCUT2D eigenvalue weighted by Crippen LogP contribution is 2.22. The molecule has 27 heavy (non-hydrogen) atoms. The Bertz CT molecular complexity index is 636. The van der Waals surface area contributed by atoms with Gasteiger partial charge in [-0.05, 0) is 57.6 Å². The summed E-state index contributed by atoms with van der Waals surface area (Å²) in [6, 6.07) is 5.48. The van der Waals surface area contributed by atoms with E-state index in [0.717, 1.165) is 32.5 Å². The molecule has 1 aliphatic rings. The highest BCUT2D eigenvalue weighted by molar-refractivity contribution is 5.96. The van der Waals surface area contributed by atoms with Gasteiger partial charge in [-0.15, -0.1) is 0 Å². The first kappa shape index (κ1) is 21.2. The fourth-order valence-corrected chi connectivity index (χ4v) is 3.38. The summed E-state index contributed by atoms with van der Waals surface area (Å²) >= 11 is 0. The minimum absolute atomic E-state index is 0.0667. The van der Waals surface area contributed by atoms with Gasteiger partial charge >= 0.3 is 6.03 Å². The summed E-state index contributed by atoms with van der Waals surface area (Å²) in [5.74, 6) is -0.494. The average molecular weight is 378 g/mol. The molecule has 150 valence electrons. The van der Waals surface area contributed by atoms with E-state index in [1.54, 1.807) is 12.1 Å². The summed E-state index contributed by atoms with van der Waals surface area (Å²) in [6.45, 7) is 9.74. The van der Waals surface area contributed by atoms with Gasteiger partial charge in [0.25, 0.3) is 0 Å². The van der Waals surface area contributed by atoms with Gasteiger partial charge in [0.1, 0.15) is 5.82 Å². The Hall–Kier alpha value is -2.15. The van der Waals surface area contributed by atoms with Crippen LogP contribution in [0.5, 0.6) is 0 Å². The van der Waals surface area contributed by atoms with E-state index < -0.39 is 0 Å². The van der Waals surface area contributed by atoms with Crippen LogP contribution >= 0.6 is 0 Å². The lowest BCUT2D eigenvalue weighted by Crippen LogP contribution is -2.46. The number of hydrogen-bond acceptors (Lipinski definition) is 3. The number of carbonyl (C=O) groups excluding carboxylic acids is 2. The predicted molar refractivity (Wildman–Crippen MR) is 105 cm³/mol. The first-order valence-electron chi connectivity index (χ1n) is 9.78. The highest BCUT2D eigenvalue weighted by atomic mass is 19.1. The number of nitrogens with one attached hydrogen (secondary N) is 2. The van der Waals surface area contributed by atoms with Crippen molar-refractivity contribution in [1.82, 2.24) is 15.5 Å². The molecule has 0 spiro atoms. The number of benzene rings is 1. The molecule has 0 radical (unpaired) electrons. The molecule has 0 aromatic heterocycles. The van der Waals surface area contributed by atoms with Crippen LogP contribution in [-0.2, 0) is 4.79 Å². The molecule has 2 atom stereocenters. The van der Waals surface area contributed by atoms with Crippen molar-refractivity contribution in [2.45, 2.75) is 52.1 Å². The Labute approximate surface area is 161 Å². The topological polar surface area (TPSA) is 64.7 Å². The zero-order chi connectivity index (χ0) is 19.8. The van der Waals surface area contributed by atoms with Crippen molar-refractivity contribution < 1.29 is 14.0 Å². The number of anilines is 1. The maximum Gasteiger partial charge on any atom is 0.315 e. The monoisotopic (exact) mass is 378 g/mol. The van der Waals surface area contributed by atoms with E-state index in [9.17, 15) is 14.0 Å². The maximum atomic E-state index is 13.4. The van der Waals surface area contributed by atoms with Crippen LogP contribution in [0.2, 0.25) is 0 Å². The lowest BCUT2D eigenvalue weighted by Gasteiger charge is -2.21. The maximum absolute atomic E-state index is 13.4. The normalized spacial score (nSPS) is 18.0. The SMILES string of the molecule is CCN(CC)CCCC(C)NC(=O)NC1CC(=O)N(c2cccc(F)c2)C1. The third-order valence-corrected chi connectivity index (χ3v) is 4.96. The molecule has 2 unspecified atom stereocenters. The summed E-state index contributed by atoms with van der Waals surface area (Å²) in [5.41, 5.74) is 0.523. The molecule has 1 saturated heterocycles. The number of carbonyl (C=O) groups is 2. The number of halogens is 1. The van der Waals surface area contributed by atoms with Crippen molar-refractivity contribution in [1.29, 1.82) is 0 Å². The number of amides is 3. The third kappa shape index (κ3) is 6.50. The fourth-order valence-electron chi connectivity index (χ4n) is 3.38. The van der Waals surface area contributed by atoms with Gasteiger partial charge in [-0.3, -0.25) is 4.79 Å². The minimum Gasteiger partial charge on any atom is -0.336 e. The zero-order valence-electron chi connectivity index (χ0n) is 16.5.